The maximum atomic E-state index is 12.0. The number of aryl methyl sites for hydroxylation is 1. The van der Waals surface area contributed by atoms with Gasteiger partial charge in [-0.15, -0.1) is 0 Å². The molecule has 1 atom stereocenters. The average Bonchev–Trinajstić information content (AvgIpc) is 2.43. The predicted octanol–water partition coefficient (Wildman–Crippen LogP) is 4.13. The summed E-state index contributed by atoms with van der Waals surface area (Å²) in [5.41, 5.74) is 2.89. The molecule has 0 saturated carbocycles. The number of fused-ring (bicyclic) bond motifs is 1. The van der Waals surface area contributed by atoms with Crippen LogP contribution in [0.5, 0.6) is 0 Å². The molecule has 0 aliphatic heterocycles. The van der Waals surface area contributed by atoms with Crippen molar-refractivity contribution in [2.75, 3.05) is 0 Å². The van der Waals surface area contributed by atoms with E-state index in [1.807, 2.05) is 39.0 Å². The highest BCUT2D eigenvalue weighted by atomic mass is 16.6. The van der Waals surface area contributed by atoms with Crippen molar-refractivity contribution in [1.29, 1.82) is 5.26 Å². The number of carbonyl (C=O) groups excluding carboxylic acids is 1. The third kappa shape index (κ3) is 4.36. The third-order valence-electron chi connectivity index (χ3n) is 3.52. The highest BCUT2D eigenvalue weighted by Gasteiger charge is 2.24. The number of allylic oxidation sites excluding steroid dienone is 1. The Hall–Kier alpha value is -2.28. The van der Waals surface area contributed by atoms with Crippen LogP contribution in [0.3, 0.4) is 0 Å². The summed E-state index contributed by atoms with van der Waals surface area (Å²) in [6.45, 7) is 5.57. The van der Waals surface area contributed by atoms with Crippen molar-refractivity contribution in [2.24, 2.45) is 0 Å². The maximum absolute atomic E-state index is 12.0. The molecule has 2 rings (SSSR count). The van der Waals surface area contributed by atoms with Crippen LogP contribution >= 0.6 is 0 Å². The molecule has 0 heterocycles. The van der Waals surface area contributed by atoms with Crippen LogP contribution < -0.4 is 5.32 Å². The molecule has 1 aliphatic rings. The van der Waals surface area contributed by atoms with E-state index in [1.165, 1.54) is 11.6 Å². The fourth-order valence-electron chi connectivity index (χ4n) is 2.67. The van der Waals surface area contributed by atoms with E-state index in [0.29, 0.717) is 0 Å². The summed E-state index contributed by atoms with van der Waals surface area (Å²) >= 11 is 0. The molecule has 1 aromatic carbocycles. The molecular formula is C18H22N2O2. The van der Waals surface area contributed by atoms with E-state index in [2.05, 4.69) is 11.4 Å². The van der Waals surface area contributed by atoms with Crippen molar-refractivity contribution in [3.63, 3.8) is 0 Å². The van der Waals surface area contributed by atoms with Gasteiger partial charge < -0.3 is 10.1 Å². The Balaban J connectivity index is 2.13. The second-order valence-electron chi connectivity index (χ2n) is 6.51. The average molecular weight is 298 g/mol. The molecular weight excluding hydrogens is 276 g/mol. The first kappa shape index (κ1) is 16.1. The van der Waals surface area contributed by atoms with Gasteiger partial charge in [0.2, 0.25) is 0 Å². The topological polar surface area (TPSA) is 62.1 Å². The van der Waals surface area contributed by atoms with Crippen molar-refractivity contribution in [2.45, 2.75) is 51.7 Å². The summed E-state index contributed by atoms with van der Waals surface area (Å²) in [5.74, 6) is 0. The number of carbonyl (C=O) groups is 1. The Kier molecular flexibility index (Phi) is 4.87. The Morgan fingerprint density at radius 3 is 2.91 bits per heavy atom. The van der Waals surface area contributed by atoms with Crippen molar-refractivity contribution in [3.05, 3.63) is 41.0 Å². The summed E-state index contributed by atoms with van der Waals surface area (Å²) in [4.78, 5) is 12.0. The van der Waals surface area contributed by atoms with Gasteiger partial charge in [-0.1, -0.05) is 18.2 Å². The van der Waals surface area contributed by atoms with Crippen molar-refractivity contribution in [3.8, 4) is 6.07 Å². The van der Waals surface area contributed by atoms with Crippen LogP contribution in [0.1, 0.15) is 56.3 Å². The smallest absolute Gasteiger partial charge is 0.408 e. The minimum Gasteiger partial charge on any atom is -0.444 e. The van der Waals surface area contributed by atoms with Crippen LogP contribution in [0, 0.1) is 11.3 Å². The Morgan fingerprint density at radius 2 is 2.23 bits per heavy atom. The second kappa shape index (κ2) is 6.65. The molecule has 4 heteroatoms. The normalized spacial score (nSPS) is 17.6. The van der Waals surface area contributed by atoms with E-state index in [1.54, 1.807) is 6.08 Å². The number of nitrogens with zero attached hydrogens (tertiary/aromatic N) is 1. The molecule has 0 bridgehead atoms. The van der Waals surface area contributed by atoms with Gasteiger partial charge in [-0.25, -0.2) is 4.79 Å². The molecule has 0 spiro atoms. The number of amides is 1. The number of nitriles is 1. The Bertz CT molecular complexity index is 621. The highest BCUT2D eigenvalue weighted by molar-refractivity contribution is 5.68. The molecule has 1 aliphatic carbocycles. The van der Waals surface area contributed by atoms with Gasteiger partial charge in [0.1, 0.15) is 5.60 Å². The van der Waals surface area contributed by atoms with Crippen LogP contribution in [0.25, 0.3) is 6.08 Å². The van der Waals surface area contributed by atoms with Crippen molar-refractivity contribution in [1.82, 2.24) is 5.32 Å². The summed E-state index contributed by atoms with van der Waals surface area (Å²) < 4.78 is 5.34. The fraction of sp³-hybridized carbons (Fsp3) is 0.444. The Labute approximate surface area is 131 Å². The first-order chi connectivity index (χ1) is 10.4. The fourth-order valence-corrected chi connectivity index (χ4v) is 2.67. The van der Waals surface area contributed by atoms with Gasteiger partial charge in [-0.2, -0.15) is 5.26 Å². The predicted molar refractivity (Wildman–Crippen MR) is 86.1 cm³/mol. The van der Waals surface area contributed by atoms with Crippen LogP contribution in [0.4, 0.5) is 4.79 Å². The third-order valence-corrected chi connectivity index (χ3v) is 3.52. The zero-order valence-electron chi connectivity index (χ0n) is 13.3. The number of ether oxygens (including phenoxy) is 1. The number of hydrogen-bond donors (Lipinski definition) is 1. The summed E-state index contributed by atoms with van der Waals surface area (Å²) in [6.07, 6.45) is 5.83. The van der Waals surface area contributed by atoms with Gasteiger partial charge >= 0.3 is 6.09 Å². The van der Waals surface area contributed by atoms with E-state index in [-0.39, 0.29) is 12.1 Å². The number of nitrogens with one attached hydrogen (secondary N) is 1. The van der Waals surface area contributed by atoms with Gasteiger partial charge in [0.25, 0.3) is 0 Å². The zero-order valence-corrected chi connectivity index (χ0v) is 13.3. The number of hydrogen-bond acceptors (Lipinski definition) is 3. The monoisotopic (exact) mass is 298 g/mol. The minimum absolute atomic E-state index is 0.00686. The summed E-state index contributed by atoms with van der Waals surface area (Å²) in [5, 5.41) is 11.6. The molecule has 1 unspecified atom stereocenters. The van der Waals surface area contributed by atoms with E-state index in [9.17, 15) is 4.79 Å². The first-order valence-corrected chi connectivity index (χ1v) is 7.57. The summed E-state index contributed by atoms with van der Waals surface area (Å²) in [6, 6.07) is 8.09. The zero-order chi connectivity index (χ0) is 16.2. The van der Waals surface area contributed by atoms with Gasteiger partial charge in [0.15, 0.2) is 0 Å². The molecule has 0 fully saturated rings. The quantitative estimate of drug-likeness (QED) is 0.835. The first-order valence-electron chi connectivity index (χ1n) is 7.57. The van der Waals surface area contributed by atoms with Crippen molar-refractivity contribution >= 4 is 12.2 Å². The standard InChI is InChI=1S/C18H22N2O2/c1-18(2,3)22-17(21)20-16-8-4-7-14-12-13(6-5-11-19)9-10-15(14)16/h5-6,9-10,12,16H,4,7-8H2,1-3H3,(H,20,21). The SMILES string of the molecule is CC(C)(C)OC(=O)NC1CCCc2cc(C=CC#N)ccc21. The summed E-state index contributed by atoms with van der Waals surface area (Å²) in [7, 11) is 0. The van der Waals surface area contributed by atoms with Gasteiger partial charge in [0.05, 0.1) is 12.1 Å². The molecule has 0 aromatic heterocycles. The number of alkyl carbamates (subject to hydrolysis) is 1. The lowest BCUT2D eigenvalue weighted by Gasteiger charge is -2.28. The number of benzene rings is 1. The molecule has 0 radical (unpaired) electrons. The van der Waals surface area contributed by atoms with Crippen LogP contribution in [0.2, 0.25) is 0 Å². The number of rotatable bonds is 2. The maximum Gasteiger partial charge on any atom is 0.408 e. The van der Waals surface area contributed by atoms with E-state index in [4.69, 9.17) is 10.00 Å². The lowest BCUT2D eigenvalue weighted by atomic mass is 9.86. The van der Waals surface area contributed by atoms with Crippen LogP contribution in [0.15, 0.2) is 24.3 Å². The second-order valence-corrected chi connectivity index (χ2v) is 6.51. The molecule has 0 saturated heterocycles. The lowest BCUT2D eigenvalue weighted by Crippen LogP contribution is -2.36. The molecule has 1 N–H and O–H groups in total. The Morgan fingerprint density at radius 1 is 1.45 bits per heavy atom. The minimum atomic E-state index is -0.493. The molecule has 116 valence electrons. The highest BCUT2D eigenvalue weighted by Crippen LogP contribution is 2.31. The van der Waals surface area contributed by atoms with Crippen LogP contribution in [-0.4, -0.2) is 11.7 Å². The molecule has 22 heavy (non-hydrogen) atoms. The van der Waals surface area contributed by atoms with E-state index in [0.717, 1.165) is 30.4 Å². The van der Waals surface area contributed by atoms with Gasteiger partial charge in [-0.05, 0) is 62.8 Å². The van der Waals surface area contributed by atoms with E-state index < -0.39 is 5.60 Å². The molecule has 1 aromatic rings. The van der Waals surface area contributed by atoms with Crippen LogP contribution in [-0.2, 0) is 11.2 Å². The lowest BCUT2D eigenvalue weighted by molar-refractivity contribution is 0.0498. The van der Waals surface area contributed by atoms with E-state index >= 15 is 0 Å². The van der Waals surface area contributed by atoms with Crippen molar-refractivity contribution < 1.29 is 9.53 Å². The molecule has 1 amide bonds. The van der Waals surface area contributed by atoms with Gasteiger partial charge in [0, 0.05) is 6.08 Å². The largest absolute Gasteiger partial charge is 0.444 e. The molecule has 4 nitrogen and oxygen atoms in total. The van der Waals surface area contributed by atoms with Gasteiger partial charge in [-0.3, -0.25) is 0 Å².